The second kappa shape index (κ2) is 5.40. The van der Waals surface area contributed by atoms with Crippen LogP contribution in [-0.4, -0.2) is 0 Å². The zero-order chi connectivity index (χ0) is 13.9. The van der Waals surface area contributed by atoms with Crippen LogP contribution in [0.5, 0.6) is 0 Å². The Bertz CT molecular complexity index is 718. The Labute approximate surface area is 123 Å². The van der Waals surface area contributed by atoms with Crippen LogP contribution in [0.1, 0.15) is 0 Å². The van der Waals surface area contributed by atoms with E-state index in [1.807, 2.05) is 54.6 Å². The Morgan fingerprint density at radius 1 is 0.650 bits per heavy atom. The summed E-state index contributed by atoms with van der Waals surface area (Å²) in [7, 11) is 0. The van der Waals surface area contributed by atoms with Gasteiger partial charge in [-0.2, -0.15) is 0 Å². The lowest BCUT2D eigenvalue weighted by molar-refractivity contribution is 1.58. The first-order chi connectivity index (χ1) is 9.74. The molecule has 98 valence electrons. The average Bonchev–Trinajstić information content (AvgIpc) is 2.49. The number of rotatable bonds is 2. The van der Waals surface area contributed by atoms with Crippen LogP contribution < -0.4 is 5.73 Å². The van der Waals surface area contributed by atoms with Crippen molar-refractivity contribution < 1.29 is 0 Å². The molecule has 2 N–H and O–H groups in total. The molecule has 0 aliphatic heterocycles. The van der Waals surface area contributed by atoms with Gasteiger partial charge in [-0.1, -0.05) is 60.1 Å². The Hall–Kier alpha value is -2.25. The number of halogens is 1. The van der Waals surface area contributed by atoms with E-state index < -0.39 is 0 Å². The van der Waals surface area contributed by atoms with E-state index in [0.717, 1.165) is 33.0 Å². The van der Waals surface area contributed by atoms with Gasteiger partial charge in [-0.25, -0.2) is 0 Å². The maximum absolute atomic E-state index is 6.16. The molecule has 0 saturated carbocycles. The largest absolute Gasteiger partial charge is 0.399 e. The molecule has 0 amide bonds. The molecule has 3 rings (SSSR count). The summed E-state index contributed by atoms with van der Waals surface area (Å²) in [6.07, 6.45) is 0. The number of nitrogens with two attached hydrogens (primary N) is 1. The van der Waals surface area contributed by atoms with Crippen LogP contribution in [0.25, 0.3) is 22.3 Å². The maximum Gasteiger partial charge on any atom is 0.0412 e. The number of benzene rings is 3. The SMILES string of the molecule is Nc1ccc(-c2ccc(Cl)cc2-c2ccccc2)cc1. The summed E-state index contributed by atoms with van der Waals surface area (Å²) < 4.78 is 0. The molecule has 20 heavy (non-hydrogen) atoms. The van der Waals surface area contributed by atoms with E-state index in [-0.39, 0.29) is 0 Å². The molecule has 0 unspecified atom stereocenters. The van der Waals surface area contributed by atoms with Crippen LogP contribution in [0.3, 0.4) is 0 Å². The maximum atomic E-state index is 6.16. The van der Waals surface area contributed by atoms with Crippen molar-refractivity contribution >= 4 is 17.3 Å². The molecule has 0 spiro atoms. The summed E-state index contributed by atoms with van der Waals surface area (Å²) in [6, 6.07) is 24.1. The molecule has 0 radical (unpaired) electrons. The van der Waals surface area contributed by atoms with Crippen molar-refractivity contribution in [3.8, 4) is 22.3 Å². The van der Waals surface area contributed by atoms with Gasteiger partial charge in [0.25, 0.3) is 0 Å². The quantitative estimate of drug-likeness (QED) is 0.637. The number of hydrogen-bond acceptors (Lipinski definition) is 1. The molecule has 2 heteroatoms. The van der Waals surface area contributed by atoms with Crippen molar-refractivity contribution in [1.29, 1.82) is 0 Å². The highest BCUT2D eigenvalue weighted by Gasteiger charge is 2.08. The third-order valence-electron chi connectivity index (χ3n) is 3.29. The molecule has 0 fully saturated rings. The summed E-state index contributed by atoms with van der Waals surface area (Å²) in [6.45, 7) is 0. The minimum absolute atomic E-state index is 0.739. The van der Waals surface area contributed by atoms with E-state index in [1.54, 1.807) is 0 Å². The van der Waals surface area contributed by atoms with Gasteiger partial charge in [0.15, 0.2) is 0 Å². The Morgan fingerprint density at radius 3 is 2.00 bits per heavy atom. The predicted molar refractivity (Wildman–Crippen MR) is 86.7 cm³/mol. The summed E-state index contributed by atoms with van der Waals surface area (Å²) in [5, 5.41) is 0.739. The highest BCUT2D eigenvalue weighted by atomic mass is 35.5. The lowest BCUT2D eigenvalue weighted by Crippen LogP contribution is -1.87. The second-order valence-electron chi connectivity index (χ2n) is 4.68. The molecule has 0 atom stereocenters. The van der Waals surface area contributed by atoms with Crippen LogP contribution in [0.15, 0.2) is 72.8 Å². The van der Waals surface area contributed by atoms with Crippen molar-refractivity contribution in [2.75, 3.05) is 5.73 Å². The van der Waals surface area contributed by atoms with E-state index in [1.165, 1.54) is 0 Å². The first-order valence-electron chi connectivity index (χ1n) is 6.45. The van der Waals surface area contributed by atoms with Crippen LogP contribution in [-0.2, 0) is 0 Å². The van der Waals surface area contributed by atoms with Gasteiger partial charge in [0.05, 0.1) is 0 Å². The van der Waals surface area contributed by atoms with E-state index in [0.29, 0.717) is 0 Å². The van der Waals surface area contributed by atoms with E-state index in [4.69, 9.17) is 17.3 Å². The van der Waals surface area contributed by atoms with Gasteiger partial charge in [-0.05, 0) is 46.5 Å². The molecule has 3 aromatic carbocycles. The highest BCUT2D eigenvalue weighted by molar-refractivity contribution is 6.31. The van der Waals surface area contributed by atoms with Crippen molar-refractivity contribution in [3.05, 3.63) is 77.8 Å². The van der Waals surface area contributed by atoms with Gasteiger partial charge >= 0.3 is 0 Å². The average molecular weight is 280 g/mol. The molecule has 0 aliphatic carbocycles. The fourth-order valence-electron chi connectivity index (χ4n) is 2.29. The Morgan fingerprint density at radius 2 is 1.30 bits per heavy atom. The molecule has 0 heterocycles. The number of nitrogen functional groups attached to an aromatic ring is 1. The lowest BCUT2D eigenvalue weighted by atomic mass is 9.94. The third kappa shape index (κ3) is 2.54. The van der Waals surface area contributed by atoms with Crippen molar-refractivity contribution in [1.82, 2.24) is 0 Å². The highest BCUT2D eigenvalue weighted by Crippen LogP contribution is 2.34. The van der Waals surface area contributed by atoms with E-state index in [9.17, 15) is 0 Å². The van der Waals surface area contributed by atoms with Crippen molar-refractivity contribution in [2.45, 2.75) is 0 Å². The summed E-state index contributed by atoms with van der Waals surface area (Å²) >= 11 is 6.16. The standard InChI is InChI=1S/C18H14ClN/c19-15-8-11-17(14-6-9-16(20)10-7-14)18(12-15)13-4-2-1-3-5-13/h1-12H,20H2. The zero-order valence-electron chi connectivity index (χ0n) is 10.9. The topological polar surface area (TPSA) is 26.0 Å². The van der Waals surface area contributed by atoms with Gasteiger partial charge in [-0.3, -0.25) is 0 Å². The third-order valence-corrected chi connectivity index (χ3v) is 3.52. The molecule has 3 aromatic rings. The first kappa shape index (κ1) is 12.8. The van der Waals surface area contributed by atoms with Gasteiger partial charge in [0, 0.05) is 10.7 Å². The normalized spacial score (nSPS) is 10.4. The van der Waals surface area contributed by atoms with E-state index in [2.05, 4.69) is 18.2 Å². The second-order valence-corrected chi connectivity index (χ2v) is 5.11. The van der Waals surface area contributed by atoms with Gasteiger partial charge in [0.2, 0.25) is 0 Å². The van der Waals surface area contributed by atoms with Crippen molar-refractivity contribution in [2.24, 2.45) is 0 Å². The van der Waals surface area contributed by atoms with Gasteiger partial charge in [-0.15, -0.1) is 0 Å². The zero-order valence-corrected chi connectivity index (χ0v) is 11.6. The Kier molecular flexibility index (Phi) is 3.44. The van der Waals surface area contributed by atoms with Crippen LogP contribution in [0.4, 0.5) is 5.69 Å². The summed E-state index contributed by atoms with van der Waals surface area (Å²) in [4.78, 5) is 0. The van der Waals surface area contributed by atoms with E-state index >= 15 is 0 Å². The first-order valence-corrected chi connectivity index (χ1v) is 6.83. The monoisotopic (exact) mass is 279 g/mol. The molecule has 1 nitrogen and oxygen atoms in total. The smallest absolute Gasteiger partial charge is 0.0412 e. The molecule has 0 aliphatic rings. The number of anilines is 1. The lowest BCUT2D eigenvalue weighted by Gasteiger charge is -2.11. The molecule has 0 saturated heterocycles. The minimum Gasteiger partial charge on any atom is -0.399 e. The van der Waals surface area contributed by atoms with Crippen LogP contribution in [0.2, 0.25) is 5.02 Å². The molecular weight excluding hydrogens is 266 g/mol. The van der Waals surface area contributed by atoms with Crippen LogP contribution >= 0.6 is 11.6 Å². The predicted octanol–water partition coefficient (Wildman–Crippen LogP) is 5.26. The van der Waals surface area contributed by atoms with Crippen LogP contribution in [0, 0.1) is 0 Å². The fourth-order valence-corrected chi connectivity index (χ4v) is 2.46. The van der Waals surface area contributed by atoms with Gasteiger partial charge in [0.1, 0.15) is 0 Å². The molecular formula is C18H14ClN. The molecule has 0 bridgehead atoms. The van der Waals surface area contributed by atoms with Crippen molar-refractivity contribution in [3.63, 3.8) is 0 Å². The fraction of sp³-hybridized carbons (Fsp3) is 0. The summed E-state index contributed by atoms with van der Waals surface area (Å²) in [5.74, 6) is 0. The molecule has 0 aromatic heterocycles. The minimum atomic E-state index is 0.739. The number of hydrogen-bond donors (Lipinski definition) is 1. The summed E-state index contributed by atoms with van der Waals surface area (Å²) in [5.41, 5.74) is 11.1. The van der Waals surface area contributed by atoms with Gasteiger partial charge < -0.3 is 5.73 Å². The Balaban J connectivity index is 2.19.